The Morgan fingerprint density at radius 2 is 2.00 bits per heavy atom. The maximum Gasteiger partial charge on any atom is 0.348 e. The number of imide groups is 1. The number of amides is 3. The van der Waals surface area contributed by atoms with Gasteiger partial charge in [0.2, 0.25) is 0 Å². The summed E-state index contributed by atoms with van der Waals surface area (Å²) in [6.45, 7) is 0. The molecule has 0 aromatic rings. The maximum absolute atomic E-state index is 11.4. The van der Waals surface area contributed by atoms with E-state index in [0.717, 1.165) is 25.7 Å². The Bertz CT molecular complexity index is 254. The quantitative estimate of drug-likeness (QED) is 0.538. The van der Waals surface area contributed by atoms with Gasteiger partial charge in [-0.2, -0.15) is 0 Å². The summed E-state index contributed by atoms with van der Waals surface area (Å²) in [6.07, 6.45) is 3.65. The maximum atomic E-state index is 11.4. The first-order valence-corrected chi connectivity index (χ1v) is 4.53. The van der Waals surface area contributed by atoms with Crippen molar-refractivity contribution < 1.29 is 14.8 Å². The van der Waals surface area contributed by atoms with E-state index < -0.39 is 11.9 Å². The molecule has 0 radical (unpaired) electrons. The van der Waals surface area contributed by atoms with Crippen molar-refractivity contribution in [2.45, 2.75) is 31.7 Å². The standard InChI is InChI=1S/C8H12N2O3/c11-7-5-3-1-2-4-6(5)9-8(12)10(7)13/h5-6,13H,1-4H2,(H,9,12)/t5-,6+/m1/s1. The minimum atomic E-state index is -0.687. The second kappa shape index (κ2) is 2.99. The largest absolute Gasteiger partial charge is 0.348 e. The van der Waals surface area contributed by atoms with Gasteiger partial charge < -0.3 is 5.32 Å². The topological polar surface area (TPSA) is 69.6 Å². The number of carbonyl (C=O) groups excluding carboxylic acids is 2. The molecular weight excluding hydrogens is 172 g/mol. The van der Waals surface area contributed by atoms with E-state index in [9.17, 15) is 9.59 Å². The highest BCUT2D eigenvalue weighted by Gasteiger charge is 2.41. The Labute approximate surface area is 75.7 Å². The van der Waals surface area contributed by atoms with Crippen LogP contribution < -0.4 is 5.32 Å². The molecule has 2 aliphatic rings. The van der Waals surface area contributed by atoms with Gasteiger partial charge in [-0.25, -0.2) is 4.79 Å². The number of carbonyl (C=O) groups is 2. The molecular formula is C8H12N2O3. The number of hydroxylamine groups is 2. The van der Waals surface area contributed by atoms with Crippen molar-refractivity contribution >= 4 is 11.9 Å². The summed E-state index contributed by atoms with van der Waals surface area (Å²) < 4.78 is 0. The van der Waals surface area contributed by atoms with Gasteiger partial charge >= 0.3 is 6.03 Å². The third-order valence-electron chi connectivity index (χ3n) is 2.79. The molecule has 5 nitrogen and oxygen atoms in total. The van der Waals surface area contributed by atoms with Crippen LogP contribution in [0.4, 0.5) is 4.79 Å². The molecule has 1 aliphatic carbocycles. The summed E-state index contributed by atoms with van der Waals surface area (Å²) in [5.74, 6) is -0.662. The van der Waals surface area contributed by atoms with E-state index in [1.54, 1.807) is 0 Å². The lowest BCUT2D eigenvalue weighted by Crippen LogP contribution is -2.59. The number of fused-ring (bicyclic) bond motifs is 1. The molecule has 0 aromatic carbocycles. The molecule has 2 N–H and O–H groups in total. The third kappa shape index (κ3) is 1.29. The van der Waals surface area contributed by atoms with Crippen LogP contribution in [-0.4, -0.2) is 28.3 Å². The highest BCUT2D eigenvalue weighted by Crippen LogP contribution is 2.28. The molecule has 1 aliphatic heterocycles. The summed E-state index contributed by atoms with van der Waals surface area (Å²) in [6, 6.07) is -0.745. The lowest BCUT2D eigenvalue weighted by Gasteiger charge is -2.37. The van der Waals surface area contributed by atoms with Crippen LogP contribution in [0.15, 0.2) is 0 Å². The van der Waals surface area contributed by atoms with Crippen molar-refractivity contribution in [2.24, 2.45) is 5.92 Å². The van der Waals surface area contributed by atoms with Gasteiger partial charge in [0.1, 0.15) is 0 Å². The molecule has 0 unspecified atom stereocenters. The van der Waals surface area contributed by atoms with E-state index in [4.69, 9.17) is 5.21 Å². The van der Waals surface area contributed by atoms with Crippen LogP contribution in [0, 0.1) is 5.92 Å². The molecule has 3 amide bonds. The van der Waals surface area contributed by atoms with E-state index in [2.05, 4.69) is 5.32 Å². The molecule has 0 bridgehead atoms. The van der Waals surface area contributed by atoms with Gasteiger partial charge in [-0.3, -0.25) is 10.0 Å². The fourth-order valence-electron chi connectivity index (χ4n) is 2.08. The zero-order valence-electron chi connectivity index (χ0n) is 7.19. The molecule has 2 rings (SSSR count). The number of nitrogens with zero attached hydrogens (tertiary/aromatic N) is 1. The van der Waals surface area contributed by atoms with Gasteiger partial charge in [-0.15, -0.1) is 5.06 Å². The van der Waals surface area contributed by atoms with E-state index in [1.807, 2.05) is 0 Å². The van der Waals surface area contributed by atoms with Crippen LogP contribution in [-0.2, 0) is 4.79 Å². The number of nitrogens with one attached hydrogen (secondary N) is 1. The second-order valence-corrected chi connectivity index (χ2v) is 3.60. The smallest absolute Gasteiger partial charge is 0.332 e. The van der Waals surface area contributed by atoms with Crippen molar-refractivity contribution in [3.05, 3.63) is 0 Å². The van der Waals surface area contributed by atoms with Crippen LogP contribution in [0.3, 0.4) is 0 Å². The Morgan fingerprint density at radius 3 is 2.77 bits per heavy atom. The summed E-state index contributed by atoms with van der Waals surface area (Å²) in [5, 5.41) is 11.9. The van der Waals surface area contributed by atoms with Gasteiger partial charge in [-0.05, 0) is 12.8 Å². The molecule has 1 saturated carbocycles. The summed E-state index contributed by atoms with van der Waals surface area (Å²) in [4.78, 5) is 22.4. The van der Waals surface area contributed by atoms with Gasteiger partial charge in [0.25, 0.3) is 5.91 Å². The van der Waals surface area contributed by atoms with Crippen molar-refractivity contribution in [3.8, 4) is 0 Å². The predicted octanol–water partition coefficient (Wildman–Crippen LogP) is 0.486. The van der Waals surface area contributed by atoms with Gasteiger partial charge in [-0.1, -0.05) is 12.8 Å². The minimum absolute atomic E-state index is 0.0582. The van der Waals surface area contributed by atoms with Gasteiger partial charge in [0.15, 0.2) is 0 Å². The first-order valence-electron chi connectivity index (χ1n) is 4.53. The average molecular weight is 184 g/mol. The van der Waals surface area contributed by atoms with Gasteiger partial charge in [0.05, 0.1) is 5.92 Å². The Balaban J connectivity index is 2.17. The van der Waals surface area contributed by atoms with E-state index in [0.29, 0.717) is 0 Å². The number of hydrogen-bond acceptors (Lipinski definition) is 3. The second-order valence-electron chi connectivity index (χ2n) is 3.60. The molecule has 13 heavy (non-hydrogen) atoms. The SMILES string of the molecule is O=C1N[C@H]2CCCC[C@H]2C(=O)N1O. The molecule has 2 fully saturated rings. The van der Waals surface area contributed by atoms with E-state index in [-0.39, 0.29) is 17.0 Å². The molecule has 2 atom stereocenters. The highest BCUT2D eigenvalue weighted by molar-refractivity contribution is 5.97. The normalized spacial score (nSPS) is 34.1. The van der Waals surface area contributed by atoms with Crippen LogP contribution in [0.5, 0.6) is 0 Å². The molecule has 1 saturated heterocycles. The first kappa shape index (κ1) is 8.50. The van der Waals surface area contributed by atoms with Crippen molar-refractivity contribution in [2.75, 3.05) is 0 Å². The fraction of sp³-hybridized carbons (Fsp3) is 0.750. The number of hydrogen-bond donors (Lipinski definition) is 2. The first-order chi connectivity index (χ1) is 6.20. The molecule has 0 aromatic heterocycles. The van der Waals surface area contributed by atoms with Crippen LogP contribution in [0.1, 0.15) is 25.7 Å². The van der Waals surface area contributed by atoms with Crippen molar-refractivity contribution in [1.82, 2.24) is 10.4 Å². The molecule has 72 valence electrons. The predicted molar refractivity (Wildman–Crippen MR) is 42.9 cm³/mol. The molecule has 5 heteroatoms. The average Bonchev–Trinajstić information content (AvgIpc) is 2.15. The number of urea groups is 1. The lowest BCUT2D eigenvalue weighted by molar-refractivity contribution is -0.163. The summed E-state index contributed by atoms with van der Waals surface area (Å²) >= 11 is 0. The van der Waals surface area contributed by atoms with Crippen LogP contribution >= 0.6 is 0 Å². The van der Waals surface area contributed by atoms with E-state index in [1.165, 1.54) is 0 Å². The fourth-order valence-corrected chi connectivity index (χ4v) is 2.08. The third-order valence-corrected chi connectivity index (χ3v) is 2.79. The minimum Gasteiger partial charge on any atom is -0.332 e. The number of rotatable bonds is 0. The molecule has 0 spiro atoms. The Morgan fingerprint density at radius 1 is 1.31 bits per heavy atom. The monoisotopic (exact) mass is 184 g/mol. The van der Waals surface area contributed by atoms with Crippen molar-refractivity contribution in [1.29, 1.82) is 0 Å². The van der Waals surface area contributed by atoms with E-state index >= 15 is 0 Å². The zero-order valence-corrected chi connectivity index (χ0v) is 7.19. The zero-order chi connectivity index (χ0) is 9.42. The lowest BCUT2D eigenvalue weighted by atomic mass is 9.83. The van der Waals surface area contributed by atoms with Gasteiger partial charge in [0, 0.05) is 6.04 Å². The van der Waals surface area contributed by atoms with Crippen LogP contribution in [0.25, 0.3) is 0 Å². The highest BCUT2D eigenvalue weighted by atomic mass is 16.5. The summed E-state index contributed by atoms with van der Waals surface area (Å²) in [7, 11) is 0. The summed E-state index contributed by atoms with van der Waals surface area (Å²) in [5.41, 5.74) is 0. The van der Waals surface area contributed by atoms with Crippen molar-refractivity contribution in [3.63, 3.8) is 0 Å². The van der Waals surface area contributed by atoms with Crippen LogP contribution in [0.2, 0.25) is 0 Å². The Hall–Kier alpha value is -1.10. The Kier molecular flexibility index (Phi) is 1.95. The molecule has 1 heterocycles.